The third kappa shape index (κ3) is 22.7. The smallest absolute Gasteiger partial charge is 0.330 e. The summed E-state index contributed by atoms with van der Waals surface area (Å²) in [5.74, 6) is -6.97. The number of nitrogens with one attached hydrogen (secondary N) is 1. The van der Waals surface area contributed by atoms with Crippen LogP contribution in [0.3, 0.4) is 0 Å². The first-order valence-corrected chi connectivity index (χ1v) is 30.2. The second-order valence-corrected chi connectivity index (χ2v) is 22.4. The molecule has 2 fully saturated rings. The van der Waals surface area contributed by atoms with Gasteiger partial charge < -0.3 is 57.4 Å². The molecule has 3 unspecified atom stereocenters. The molecule has 25 heteroatoms. The molecule has 2 saturated carbocycles. The van der Waals surface area contributed by atoms with Crippen LogP contribution in [0.2, 0.25) is 0 Å². The van der Waals surface area contributed by atoms with Crippen molar-refractivity contribution in [3.63, 3.8) is 0 Å². The molecule has 6 rings (SSSR count). The van der Waals surface area contributed by atoms with E-state index in [9.17, 15) is 58.5 Å². The predicted molar refractivity (Wildman–Crippen MR) is 317 cm³/mol. The van der Waals surface area contributed by atoms with E-state index in [1.54, 1.807) is 69.3 Å². The lowest BCUT2D eigenvalue weighted by atomic mass is 9.82. The number of nitrogens with zero attached hydrogens (tertiary/aromatic N) is 2. The van der Waals surface area contributed by atoms with E-state index < -0.39 is 102 Å². The molecule has 3 aliphatic rings. The van der Waals surface area contributed by atoms with E-state index in [1.807, 2.05) is 12.1 Å². The number of hydrogen-bond donors (Lipinski definition) is 1. The molecular formula is C65H71N3O21S. The van der Waals surface area contributed by atoms with Gasteiger partial charge in [-0.05, 0) is 120 Å². The first-order chi connectivity index (χ1) is 43.2. The molecule has 0 radical (unpaired) electrons. The van der Waals surface area contributed by atoms with E-state index in [0.29, 0.717) is 80.6 Å². The number of thioether (sulfide) groups is 1. The summed E-state index contributed by atoms with van der Waals surface area (Å²) in [4.78, 5) is 125. The zero-order chi connectivity index (χ0) is 65.1. The van der Waals surface area contributed by atoms with Crippen molar-refractivity contribution >= 4 is 77.1 Å². The molecule has 0 bridgehead atoms. The number of fused-ring (bicyclic) bond motifs is 1. The topological polar surface area (TPSA) is 332 Å². The van der Waals surface area contributed by atoms with Crippen LogP contribution in [-0.2, 0) is 93.9 Å². The number of carbonyl (C=O) groups is 10. The normalized spacial score (nSPS) is 17.4. The highest BCUT2D eigenvalue weighted by Gasteiger charge is 2.37. The Kier molecular flexibility index (Phi) is 27.6. The summed E-state index contributed by atoms with van der Waals surface area (Å²) in [6.07, 6.45) is 3.06. The van der Waals surface area contributed by atoms with Gasteiger partial charge in [0.15, 0.2) is 11.3 Å². The Morgan fingerprint density at radius 2 is 0.889 bits per heavy atom. The molecule has 478 valence electrons. The molecule has 2 aliphatic carbocycles. The third-order valence-corrected chi connectivity index (χ3v) is 15.5. The van der Waals surface area contributed by atoms with Crippen molar-refractivity contribution in [2.75, 3.05) is 38.4 Å². The lowest BCUT2D eigenvalue weighted by Crippen LogP contribution is -2.30. The molecule has 24 nitrogen and oxygen atoms in total. The van der Waals surface area contributed by atoms with Gasteiger partial charge in [0.2, 0.25) is 0 Å². The number of anilines is 1. The Bertz CT molecular complexity index is 3210. The Hall–Kier alpha value is -9.33. The van der Waals surface area contributed by atoms with E-state index >= 15 is 0 Å². The van der Waals surface area contributed by atoms with Crippen LogP contribution in [0.25, 0.3) is 0 Å². The minimum atomic E-state index is -0.701. The number of nitriles is 2. The van der Waals surface area contributed by atoms with Crippen LogP contribution in [0.1, 0.15) is 109 Å². The third-order valence-electron chi connectivity index (χ3n) is 14.4. The molecule has 3 aromatic carbocycles. The number of allylic oxidation sites excluding steroid dienone is 1. The van der Waals surface area contributed by atoms with Crippen molar-refractivity contribution in [3.05, 3.63) is 108 Å². The minimum absolute atomic E-state index is 0.0104. The summed E-state index contributed by atoms with van der Waals surface area (Å²) in [5, 5.41) is 22.5. The predicted octanol–water partition coefficient (Wildman–Crippen LogP) is 8.56. The fourth-order valence-electron chi connectivity index (χ4n) is 9.48. The largest absolute Gasteiger partial charge is 0.465 e. The van der Waals surface area contributed by atoms with Gasteiger partial charge in [0.05, 0.1) is 79.7 Å². The number of rotatable bonds is 31. The average Bonchev–Trinajstić information content (AvgIpc) is 1.65. The van der Waals surface area contributed by atoms with E-state index in [0.717, 1.165) is 35.0 Å². The monoisotopic (exact) mass is 1260 g/mol. The van der Waals surface area contributed by atoms with Crippen molar-refractivity contribution in [3.8, 4) is 35.1 Å². The fourth-order valence-corrected chi connectivity index (χ4v) is 10.5. The van der Waals surface area contributed by atoms with Crippen LogP contribution in [0, 0.1) is 46.3 Å². The Balaban J connectivity index is 0.885. The molecule has 0 amide bonds. The standard InChI is InChI=1S/C65H71N3O21S/c1-6-53(69)81-36-39(3)84-40(4)37-83-57(73)27-26-55(71)79-32-30-42-8-20-49(21-9-42)86-62(75)44-12-16-46(17-13-44)64(77)88-51-24-25-52(60-59(51)68-61(90-60)48(34-66)35-67)89-65(78)47-18-14-45(15-19-47)63(76)87-50-22-10-43(11-23-50)31-33-80-56(72)28-29-58(74)85-41(5)38-82-54(70)7-2/h6-11,20-25,39-41,44-47,68H,1-2,12-19,26-33,36-38H2,3-5H3. The van der Waals surface area contributed by atoms with Gasteiger partial charge in [0.25, 0.3) is 0 Å². The van der Waals surface area contributed by atoms with Crippen molar-refractivity contribution in [2.45, 2.75) is 134 Å². The van der Waals surface area contributed by atoms with Crippen LogP contribution in [0.15, 0.2) is 101 Å². The number of ether oxygens (including phenoxy) is 11. The average molecular weight is 1260 g/mol. The van der Waals surface area contributed by atoms with E-state index in [2.05, 4.69) is 18.5 Å². The highest BCUT2D eigenvalue weighted by Crippen LogP contribution is 2.52. The molecule has 90 heavy (non-hydrogen) atoms. The lowest BCUT2D eigenvalue weighted by molar-refractivity contribution is -0.157. The van der Waals surface area contributed by atoms with Crippen molar-refractivity contribution < 1.29 is 100 Å². The Labute approximate surface area is 524 Å². The Morgan fingerprint density at radius 3 is 1.32 bits per heavy atom. The van der Waals surface area contributed by atoms with Gasteiger partial charge in [-0.1, -0.05) is 49.2 Å². The fraction of sp³-hybridized carbons (Fsp3) is 0.446. The molecule has 1 aliphatic heterocycles. The molecule has 0 aromatic heterocycles. The first kappa shape index (κ1) is 69.8. The summed E-state index contributed by atoms with van der Waals surface area (Å²) in [6, 6.07) is 20.0. The van der Waals surface area contributed by atoms with Gasteiger partial charge in [-0.2, -0.15) is 10.5 Å². The minimum Gasteiger partial charge on any atom is -0.465 e. The molecule has 0 spiro atoms. The quantitative estimate of drug-likeness (QED) is 0.0207. The van der Waals surface area contributed by atoms with E-state index in [-0.39, 0.29) is 86.5 Å². The van der Waals surface area contributed by atoms with Crippen LogP contribution in [0.4, 0.5) is 5.69 Å². The van der Waals surface area contributed by atoms with E-state index in [4.69, 9.17) is 52.1 Å². The second-order valence-electron chi connectivity index (χ2n) is 21.3. The first-order valence-electron chi connectivity index (χ1n) is 29.4. The molecule has 1 heterocycles. The molecule has 3 atom stereocenters. The maximum atomic E-state index is 13.7. The zero-order valence-electron chi connectivity index (χ0n) is 50.2. The van der Waals surface area contributed by atoms with Gasteiger partial charge in [-0.15, -0.1) is 0 Å². The summed E-state index contributed by atoms with van der Waals surface area (Å²) in [6.45, 7) is 11.4. The highest BCUT2D eigenvalue weighted by atomic mass is 32.2. The van der Waals surface area contributed by atoms with Gasteiger partial charge >= 0.3 is 59.7 Å². The summed E-state index contributed by atoms with van der Waals surface area (Å²) in [7, 11) is 0. The van der Waals surface area contributed by atoms with Crippen LogP contribution >= 0.6 is 11.8 Å². The maximum Gasteiger partial charge on any atom is 0.330 e. The van der Waals surface area contributed by atoms with Gasteiger partial charge in [0.1, 0.15) is 66.0 Å². The van der Waals surface area contributed by atoms with Crippen molar-refractivity contribution in [1.82, 2.24) is 0 Å². The number of carbonyl (C=O) groups excluding carboxylic acids is 10. The van der Waals surface area contributed by atoms with Gasteiger partial charge in [-0.3, -0.25) is 38.4 Å². The second kappa shape index (κ2) is 35.6. The van der Waals surface area contributed by atoms with Crippen LogP contribution in [0.5, 0.6) is 23.0 Å². The van der Waals surface area contributed by atoms with Gasteiger partial charge in [0, 0.05) is 25.0 Å². The summed E-state index contributed by atoms with van der Waals surface area (Å²) < 4.78 is 59.3. The molecule has 0 saturated heterocycles. The van der Waals surface area contributed by atoms with Gasteiger partial charge in [-0.25, -0.2) is 9.59 Å². The number of hydrogen-bond acceptors (Lipinski definition) is 25. The van der Waals surface area contributed by atoms with Crippen LogP contribution in [-0.4, -0.2) is 111 Å². The summed E-state index contributed by atoms with van der Waals surface area (Å²) in [5.41, 5.74) is 1.58. The highest BCUT2D eigenvalue weighted by molar-refractivity contribution is 8.03. The number of esters is 10. The lowest BCUT2D eigenvalue weighted by Gasteiger charge is -2.26. The van der Waals surface area contributed by atoms with Crippen molar-refractivity contribution in [2.24, 2.45) is 23.7 Å². The zero-order valence-corrected chi connectivity index (χ0v) is 51.0. The molecule has 1 N–H and O–H groups in total. The maximum absolute atomic E-state index is 13.7. The molecular weight excluding hydrogens is 1190 g/mol. The molecule has 3 aromatic rings. The van der Waals surface area contributed by atoms with E-state index in [1.165, 1.54) is 12.1 Å². The summed E-state index contributed by atoms with van der Waals surface area (Å²) >= 11 is 0.972. The number of benzene rings is 3. The van der Waals surface area contributed by atoms with Crippen molar-refractivity contribution in [1.29, 1.82) is 10.5 Å². The SMILES string of the molecule is C=CC(=O)OCC(C)OC(=O)CCC(=O)OCCc1ccc(OC(=O)C2CCC(C(=O)Oc3ccc(OC(=O)C4CCC(C(=O)Oc5ccc(CCOC(=O)CCC(=O)OCC(C)OC(C)COC(=O)C=C)cc5)CC4)c4c3SC(=C(C#N)C#N)N4)CC2)cc1. The Morgan fingerprint density at radius 1 is 0.511 bits per heavy atom. The van der Waals surface area contributed by atoms with Crippen LogP contribution < -0.4 is 24.3 Å².